The zero-order valence-electron chi connectivity index (χ0n) is 19.1. The van der Waals surface area contributed by atoms with Gasteiger partial charge in [-0.05, 0) is 75.0 Å². The number of nitrogens with one attached hydrogen (secondary N) is 1. The number of nitrogens with zero attached hydrogens (tertiary/aromatic N) is 1. The number of amides is 1. The summed E-state index contributed by atoms with van der Waals surface area (Å²) in [6, 6.07) is 6.41. The summed E-state index contributed by atoms with van der Waals surface area (Å²) in [6.07, 6.45) is 6.35. The van der Waals surface area contributed by atoms with E-state index in [4.69, 9.17) is 4.74 Å². The highest BCUT2D eigenvalue weighted by Gasteiger charge is 2.48. The number of benzene rings is 1. The molecule has 3 aliphatic rings. The average Bonchev–Trinajstić information content (AvgIpc) is 2.75. The Bertz CT molecular complexity index is 946. The Balaban J connectivity index is 1.33. The van der Waals surface area contributed by atoms with Crippen LogP contribution < -0.4 is 4.72 Å². The zero-order chi connectivity index (χ0) is 23.6. The van der Waals surface area contributed by atoms with Crippen molar-refractivity contribution in [3.05, 3.63) is 35.6 Å². The van der Waals surface area contributed by atoms with Gasteiger partial charge in [0.05, 0.1) is 19.0 Å². The maximum absolute atomic E-state index is 14.7. The van der Waals surface area contributed by atoms with E-state index >= 15 is 0 Å². The van der Waals surface area contributed by atoms with Gasteiger partial charge < -0.3 is 9.64 Å². The van der Waals surface area contributed by atoms with Crippen LogP contribution in [-0.4, -0.2) is 63.0 Å². The second kappa shape index (κ2) is 9.96. The fourth-order valence-corrected chi connectivity index (χ4v) is 6.24. The minimum atomic E-state index is -3.41. The molecule has 3 fully saturated rings. The topological polar surface area (TPSA) is 75.7 Å². The van der Waals surface area contributed by atoms with Crippen molar-refractivity contribution in [2.24, 2.45) is 5.92 Å². The minimum absolute atomic E-state index is 0.0407. The second-order valence-corrected chi connectivity index (χ2v) is 11.8. The Morgan fingerprint density at radius 3 is 2.55 bits per heavy atom. The fourth-order valence-electron chi connectivity index (χ4n) is 5.38. The van der Waals surface area contributed by atoms with Gasteiger partial charge in [-0.25, -0.2) is 21.9 Å². The van der Waals surface area contributed by atoms with Crippen molar-refractivity contribution in [1.29, 1.82) is 0 Å². The first-order chi connectivity index (χ1) is 15.6. The van der Waals surface area contributed by atoms with Crippen molar-refractivity contribution in [3.63, 3.8) is 0 Å². The van der Waals surface area contributed by atoms with Gasteiger partial charge in [0.25, 0.3) is 5.91 Å². The van der Waals surface area contributed by atoms with Crippen molar-refractivity contribution >= 4 is 15.9 Å². The molecule has 9 heteroatoms. The number of ether oxygens (including phenoxy) is 1. The first-order valence-corrected chi connectivity index (χ1v) is 13.8. The van der Waals surface area contributed by atoms with Crippen molar-refractivity contribution in [1.82, 2.24) is 9.62 Å². The van der Waals surface area contributed by atoms with Gasteiger partial charge >= 0.3 is 0 Å². The van der Waals surface area contributed by atoms with Gasteiger partial charge in [-0.15, -0.1) is 0 Å². The van der Waals surface area contributed by atoms with Gasteiger partial charge in [0.2, 0.25) is 10.0 Å². The number of rotatable bonds is 7. The van der Waals surface area contributed by atoms with Crippen molar-refractivity contribution in [2.45, 2.75) is 75.1 Å². The summed E-state index contributed by atoms with van der Waals surface area (Å²) in [7, 11) is -3.41. The lowest BCUT2D eigenvalue weighted by molar-refractivity contribution is -0.153. The summed E-state index contributed by atoms with van der Waals surface area (Å²) in [5, 5.41) is 0. The minimum Gasteiger partial charge on any atom is -0.378 e. The van der Waals surface area contributed by atoms with E-state index in [1.165, 1.54) is 6.07 Å². The molecule has 1 aromatic rings. The van der Waals surface area contributed by atoms with Crippen LogP contribution in [0, 0.1) is 11.7 Å². The summed E-state index contributed by atoms with van der Waals surface area (Å²) in [5.74, 6) is -0.607. The van der Waals surface area contributed by atoms with E-state index in [1.54, 1.807) is 17.0 Å². The monoisotopic (exact) mass is 484 g/mol. The molecule has 2 atom stereocenters. The normalized spacial score (nSPS) is 30.0. The highest BCUT2D eigenvalue weighted by Crippen LogP contribution is 2.39. The van der Waals surface area contributed by atoms with Crippen LogP contribution in [0.5, 0.6) is 0 Å². The lowest BCUT2D eigenvalue weighted by atomic mass is 9.80. The van der Waals surface area contributed by atoms with Gasteiger partial charge in [-0.2, -0.15) is 0 Å². The molecule has 2 aliphatic carbocycles. The molecular formula is C24H34F2N2O4S. The highest BCUT2D eigenvalue weighted by molar-refractivity contribution is 7.88. The summed E-state index contributed by atoms with van der Waals surface area (Å²) >= 11 is 0. The molecule has 1 aromatic carbocycles. The summed E-state index contributed by atoms with van der Waals surface area (Å²) in [4.78, 5) is 14.2. The SMILES string of the molecule is CS(=O)(=O)N[C@H]1CCN(C(=O)C2(F)CCC2)CC1COC1CCC(c2cccc(F)c2)CC1. The number of piperidine rings is 1. The highest BCUT2D eigenvalue weighted by atomic mass is 32.2. The molecule has 0 aromatic heterocycles. The first-order valence-electron chi connectivity index (χ1n) is 12.0. The van der Waals surface area contributed by atoms with Crippen LogP contribution in [0.4, 0.5) is 8.78 Å². The standard InChI is InChI=1S/C24H34F2N2O4S/c1-33(30,31)27-22-10-13-28(23(29)24(26)11-3-12-24)15-19(22)16-32-21-8-6-17(7-9-21)18-4-2-5-20(25)14-18/h2,4-5,14,17,19,21-22,27H,3,6-13,15-16H2,1H3/t17?,19?,21?,22-/m0/s1. The van der Waals surface area contributed by atoms with Gasteiger partial charge in [0, 0.05) is 25.0 Å². The number of sulfonamides is 1. The molecule has 1 heterocycles. The van der Waals surface area contributed by atoms with E-state index in [2.05, 4.69) is 4.72 Å². The molecule has 4 rings (SSSR count). The zero-order valence-corrected chi connectivity index (χ0v) is 20.0. The van der Waals surface area contributed by atoms with Gasteiger partial charge in [-0.3, -0.25) is 4.79 Å². The molecule has 6 nitrogen and oxygen atoms in total. The lowest BCUT2D eigenvalue weighted by Crippen LogP contribution is -2.58. The van der Waals surface area contributed by atoms with Gasteiger partial charge in [0.1, 0.15) is 5.82 Å². The third-order valence-corrected chi connectivity index (χ3v) is 8.19. The predicted octanol–water partition coefficient (Wildman–Crippen LogP) is 3.53. The molecule has 1 N–H and O–H groups in total. The maximum atomic E-state index is 14.7. The lowest BCUT2D eigenvalue weighted by Gasteiger charge is -2.43. The quantitative estimate of drug-likeness (QED) is 0.643. The largest absolute Gasteiger partial charge is 0.378 e. The summed E-state index contributed by atoms with van der Waals surface area (Å²) in [6.45, 7) is 0.939. The van der Waals surface area contributed by atoms with Crippen LogP contribution in [-0.2, 0) is 19.6 Å². The molecule has 2 saturated carbocycles. The number of likely N-dealkylation sites (tertiary alicyclic amines) is 1. The van der Waals surface area contributed by atoms with Crippen LogP contribution >= 0.6 is 0 Å². The summed E-state index contributed by atoms with van der Waals surface area (Å²) in [5.41, 5.74) is -0.735. The van der Waals surface area contributed by atoms with Crippen LogP contribution in [0.2, 0.25) is 0 Å². The molecule has 1 amide bonds. The molecule has 1 saturated heterocycles. The Labute approximate surface area is 195 Å². The van der Waals surface area contributed by atoms with Crippen LogP contribution in [0.1, 0.15) is 62.8 Å². The molecule has 1 aliphatic heterocycles. The van der Waals surface area contributed by atoms with Crippen molar-refractivity contribution in [3.8, 4) is 0 Å². The second-order valence-electron chi connectivity index (χ2n) is 9.98. The first kappa shape index (κ1) is 24.5. The number of hydrogen-bond acceptors (Lipinski definition) is 4. The van der Waals surface area contributed by atoms with E-state index in [-0.39, 0.29) is 43.3 Å². The Hall–Kier alpha value is -1.58. The number of carbonyl (C=O) groups excluding carboxylic acids is 1. The molecule has 0 spiro atoms. The van der Waals surface area contributed by atoms with Crippen LogP contribution in [0.25, 0.3) is 0 Å². The van der Waals surface area contributed by atoms with E-state index in [1.807, 2.05) is 6.07 Å². The number of halogens is 2. The van der Waals surface area contributed by atoms with Gasteiger partial charge in [-0.1, -0.05) is 12.1 Å². The molecular weight excluding hydrogens is 450 g/mol. The number of alkyl halides is 1. The molecule has 33 heavy (non-hydrogen) atoms. The van der Waals surface area contributed by atoms with Gasteiger partial charge in [0.15, 0.2) is 5.67 Å². The van der Waals surface area contributed by atoms with Crippen molar-refractivity contribution < 1.29 is 26.7 Å². The smallest absolute Gasteiger partial charge is 0.260 e. The van der Waals surface area contributed by atoms with Crippen LogP contribution in [0.3, 0.4) is 0 Å². The van der Waals surface area contributed by atoms with E-state index in [9.17, 15) is 22.0 Å². The van der Waals surface area contributed by atoms with Crippen molar-refractivity contribution in [2.75, 3.05) is 26.0 Å². The Kier molecular flexibility index (Phi) is 7.41. The number of carbonyl (C=O) groups is 1. The van der Waals surface area contributed by atoms with E-state index in [0.29, 0.717) is 25.5 Å². The van der Waals surface area contributed by atoms with Crippen LogP contribution in [0.15, 0.2) is 24.3 Å². The molecule has 0 bridgehead atoms. The maximum Gasteiger partial charge on any atom is 0.260 e. The fraction of sp³-hybridized carbons (Fsp3) is 0.708. The van der Waals surface area contributed by atoms with E-state index in [0.717, 1.165) is 43.9 Å². The Morgan fingerprint density at radius 2 is 1.94 bits per heavy atom. The van der Waals surface area contributed by atoms with E-state index < -0.39 is 21.6 Å². The Morgan fingerprint density at radius 1 is 1.21 bits per heavy atom. The third-order valence-electron chi connectivity index (χ3n) is 7.46. The summed E-state index contributed by atoms with van der Waals surface area (Å²) < 4.78 is 60.8. The molecule has 184 valence electrons. The molecule has 0 radical (unpaired) electrons. The predicted molar refractivity (Wildman–Crippen MR) is 121 cm³/mol. The molecule has 1 unspecified atom stereocenters. The number of hydrogen-bond donors (Lipinski definition) is 1. The third kappa shape index (κ3) is 6.11. The average molecular weight is 485 g/mol.